The number of hydrogen-bond acceptors (Lipinski definition) is 12. The number of imidazole rings is 1. The van der Waals surface area contributed by atoms with Crippen LogP contribution in [0.25, 0.3) is 16.9 Å². The maximum Gasteiger partial charge on any atom is 0.508 e. The van der Waals surface area contributed by atoms with Gasteiger partial charge in [-0.05, 0) is 0 Å². The van der Waals surface area contributed by atoms with Crippen LogP contribution >= 0.6 is 27.9 Å². The van der Waals surface area contributed by atoms with E-state index in [0.29, 0.717) is 11.3 Å². The van der Waals surface area contributed by atoms with Crippen molar-refractivity contribution in [2.24, 2.45) is 7.05 Å². The van der Waals surface area contributed by atoms with Gasteiger partial charge in [0.1, 0.15) is 36.8 Å². The van der Waals surface area contributed by atoms with Crippen molar-refractivity contribution in [1.82, 2.24) is 28.7 Å². The average molecular weight is 514 g/mol. The number of phosphoric acid groups is 2. The molecule has 1 fully saturated rings. The molecule has 176 valence electrons. The average Bonchev–Trinajstić information content (AvgIpc) is 3.33. The van der Waals surface area contributed by atoms with Crippen molar-refractivity contribution >= 4 is 44.8 Å². The number of hydrogen-bond donors (Lipinski definition) is 5. The molecule has 0 aliphatic carbocycles. The Morgan fingerprint density at radius 3 is 2.62 bits per heavy atom. The number of aromatic nitrogens is 6. The third-order valence-corrected chi connectivity index (χ3v) is 6.75. The lowest BCUT2D eigenvalue weighted by atomic mass is 10.1. The summed E-state index contributed by atoms with van der Waals surface area (Å²) in [5.41, 5.74) is 0.530. The molecule has 1 aliphatic heterocycles. The molecule has 17 nitrogen and oxygen atoms in total. The van der Waals surface area contributed by atoms with E-state index in [1.807, 2.05) is 0 Å². The Hall–Kier alpha value is -1.66. The number of aryl methyl sites for hydroxylation is 1. The van der Waals surface area contributed by atoms with Crippen LogP contribution in [0.2, 0.25) is 0 Å². The van der Waals surface area contributed by atoms with Gasteiger partial charge in [-0.25, -0.2) is 19.0 Å². The number of aliphatic hydroxyl groups is 2. The quantitative estimate of drug-likeness (QED) is 0.109. The minimum absolute atomic E-state index is 0.238. The summed E-state index contributed by atoms with van der Waals surface area (Å²) in [6.07, 6.45) is -2.73. The topological polar surface area (TPSA) is 225 Å². The maximum absolute atomic E-state index is 11.4. The van der Waals surface area contributed by atoms with Gasteiger partial charge in [0.2, 0.25) is 5.78 Å². The molecule has 4 rings (SSSR count). The van der Waals surface area contributed by atoms with Gasteiger partial charge in [-0.15, -0.1) is 4.67 Å². The zero-order valence-electron chi connectivity index (χ0n) is 15.8. The van der Waals surface area contributed by atoms with E-state index in [0.717, 1.165) is 0 Å². The summed E-state index contributed by atoms with van der Waals surface area (Å²) in [6.45, 7) is -0.710. The highest BCUT2D eigenvalue weighted by Crippen LogP contribution is 2.57. The Morgan fingerprint density at radius 1 is 1.22 bits per heavy atom. The van der Waals surface area contributed by atoms with E-state index >= 15 is 0 Å². The van der Waals surface area contributed by atoms with Crippen molar-refractivity contribution in [1.29, 1.82) is 0 Å². The molecule has 3 aromatic rings. The van der Waals surface area contributed by atoms with Gasteiger partial charge in [0.15, 0.2) is 16.5 Å². The largest absolute Gasteiger partial charge is 0.508 e. The molecule has 0 radical (unpaired) electrons. The lowest BCUT2D eigenvalue weighted by Crippen LogP contribution is -2.33. The second kappa shape index (κ2) is 8.28. The Labute approximate surface area is 182 Å². The minimum Gasteiger partial charge on any atom is -0.387 e. The molecule has 1 saturated heterocycles. The zero-order chi connectivity index (χ0) is 23.4. The summed E-state index contributed by atoms with van der Waals surface area (Å²) in [4.78, 5) is 39.3. The van der Waals surface area contributed by atoms with Crippen LogP contribution in [-0.2, 0) is 34.8 Å². The first-order valence-electron chi connectivity index (χ1n) is 8.57. The fourth-order valence-electron chi connectivity index (χ4n) is 3.06. The smallest absolute Gasteiger partial charge is 0.387 e. The molecule has 0 amide bonds. The number of ether oxygens (including phenoxy) is 1. The maximum atomic E-state index is 11.4. The Bertz CT molecular complexity index is 1320. The second-order valence-electron chi connectivity index (χ2n) is 6.64. The van der Waals surface area contributed by atoms with E-state index < -0.39 is 46.8 Å². The van der Waals surface area contributed by atoms with Crippen LogP contribution in [0.15, 0.2) is 12.7 Å². The lowest BCUT2D eigenvalue weighted by molar-refractivity contribution is -0.245. The van der Waals surface area contributed by atoms with E-state index in [1.54, 1.807) is 11.6 Å². The van der Waals surface area contributed by atoms with E-state index in [1.165, 1.54) is 21.7 Å². The van der Waals surface area contributed by atoms with Crippen LogP contribution in [0.1, 0.15) is 6.23 Å². The van der Waals surface area contributed by atoms with E-state index in [4.69, 9.17) is 26.7 Å². The lowest BCUT2D eigenvalue weighted by Gasteiger charge is -2.16. The summed E-state index contributed by atoms with van der Waals surface area (Å²) in [5.74, 6) is 0.384. The Morgan fingerprint density at radius 2 is 1.94 bits per heavy atom. The van der Waals surface area contributed by atoms with Crippen molar-refractivity contribution < 1.29 is 52.6 Å². The van der Waals surface area contributed by atoms with E-state index in [-0.39, 0.29) is 10.3 Å². The van der Waals surface area contributed by atoms with Gasteiger partial charge in [-0.1, -0.05) is 12.2 Å². The number of nitrogens with zero attached hydrogens (tertiary/aromatic N) is 6. The zero-order valence-corrected chi connectivity index (χ0v) is 18.4. The van der Waals surface area contributed by atoms with Gasteiger partial charge in [-0.3, -0.25) is 4.57 Å². The fourth-order valence-corrected chi connectivity index (χ4v) is 4.71. The molecular weight excluding hydrogens is 498 g/mol. The first-order valence-corrected chi connectivity index (χ1v) is 12.0. The summed E-state index contributed by atoms with van der Waals surface area (Å²) < 4.78 is 39.7. The molecule has 0 spiro atoms. The van der Waals surface area contributed by atoms with Crippen LogP contribution in [0.4, 0.5) is 0 Å². The van der Waals surface area contributed by atoms with Gasteiger partial charge in [-0.2, -0.15) is 18.9 Å². The Kier molecular flexibility index (Phi) is 6.08. The number of aliphatic hydroxyl groups excluding tert-OH is 2. The fraction of sp³-hybridized carbons (Fsp3) is 0.500. The van der Waals surface area contributed by atoms with Crippen molar-refractivity contribution in [3.63, 3.8) is 0 Å². The molecular formula is C12H16N6O11P2S. The van der Waals surface area contributed by atoms with E-state index in [2.05, 4.69) is 28.9 Å². The molecule has 5 N–H and O–H groups in total. The van der Waals surface area contributed by atoms with E-state index in [9.17, 15) is 24.2 Å². The third kappa shape index (κ3) is 4.41. The molecule has 0 saturated carbocycles. The van der Waals surface area contributed by atoms with Gasteiger partial charge in [0.05, 0.1) is 6.33 Å². The van der Waals surface area contributed by atoms with Crippen LogP contribution in [0, 0.1) is 4.64 Å². The predicted octanol–water partition coefficient (Wildman–Crippen LogP) is -1.08. The first kappa shape index (κ1) is 23.5. The molecule has 0 aromatic carbocycles. The summed E-state index contributed by atoms with van der Waals surface area (Å²) in [5, 5.41) is 24.8. The molecule has 1 aliphatic rings. The van der Waals surface area contributed by atoms with Crippen LogP contribution in [0.3, 0.4) is 0 Å². The highest BCUT2D eigenvalue weighted by Gasteiger charge is 2.45. The molecule has 32 heavy (non-hydrogen) atoms. The third-order valence-electron chi connectivity index (χ3n) is 4.41. The minimum atomic E-state index is -5.33. The molecule has 3 aromatic heterocycles. The summed E-state index contributed by atoms with van der Waals surface area (Å²) in [6, 6.07) is 0. The molecule has 0 bridgehead atoms. The summed E-state index contributed by atoms with van der Waals surface area (Å²) >= 11 is 5.37. The second-order valence-corrected chi connectivity index (χ2v) is 9.75. The molecule has 5 atom stereocenters. The van der Waals surface area contributed by atoms with Crippen LogP contribution in [0.5, 0.6) is 0 Å². The monoisotopic (exact) mass is 514 g/mol. The van der Waals surface area contributed by atoms with Crippen molar-refractivity contribution in [2.75, 3.05) is 6.61 Å². The summed E-state index contributed by atoms with van der Waals surface area (Å²) in [7, 11) is -8.90. The van der Waals surface area contributed by atoms with Gasteiger partial charge in [0, 0.05) is 7.05 Å². The van der Waals surface area contributed by atoms with Crippen molar-refractivity contribution in [2.45, 2.75) is 24.5 Å². The van der Waals surface area contributed by atoms with Crippen molar-refractivity contribution in [3.8, 4) is 0 Å². The SMILES string of the molecule is Cn1cnn2c(=S)c3ncn([C@@H]4O[C@H](COOP(=O)(O)OP(=O)(O)O)[C@@H](O)[C@H]4O)c3nc12. The van der Waals surface area contributed by atoms with Gasteiger partial charge >= 0.3 is 15.6 Å². The molecule has 20 heteroatoms. The normalized spacial score (nSPS) is 26.2. The van der Waals surface area contributed by atoms with Gasteiger partial charge < -0.3 is 34.2 Å². The predicted molar refractivity (Wildman–Crippen MR) is 102 cm³/mol. The number of rotatable bonds is 7. The highest BCUT2D eigenvalue weighted by atomic mass is 32.1. The van der Waals surface area contributed by atoms with Crippen LogP contribution < -0.4 is 0 Å². The molecule has 4 heterocycles. The van der Waals surface area contributed by atoms with Gasteiger partial charge in [0.25, 0.3) is 0 Å². The standard InChI is InChI=1S/C12H16N6O11P2S/c1-16-4-14-18-11(32)6-9(15-12(16)18)17(3-13-6)10-8(20)7(19)5(27-10)2-26-28-31(24,25)29-30(21,22)23/h3-5,7-8,10,19-20H,2H2,1H3,(H,24,25)(H2,21,22,23)/t5-,7-,8-,10-/m1/s1. The first-order chi connectivity index (χ1) is 14.9. The Balaban J connectivity index is 1.53. The number of fused-ring (bicyclic) bond motifs is 2. The van der Waals surface area contributed by atoms with Crippen molar-refractivity contribution in [3.05, 3.63) is 17.3 Å². The highest BCUT2D eigenvalue weighted by molar-refractivity contribution is 7.71. The molecule has 1 unspecified atom stereocenters. The van der Waals surface area contributed by atoms with Crippen LogP contribution in [-0.4, -0.2) is 78.5 Å².